The Morgan fingerprint density at radius 2 is 2.41 bits per heavy atom. The molecule has 90 valence electrons. The van der Waals surface area contributed by atoms with Gasteiger partial charge >= 0.3 is 5.97 Å². The van der Waals surface area contributed by atoms with Crippen LogP contribution in [-0.4, -0.2) is 22.8 Å². The van der Waals surface area contributed by atoms with Crippen molar-refractivity contribution in [3.8, 4) is 6.07 Å². The first-order chi connectivity index (χ1) is 8.15. The van der Waals surface area contributed by atoms with Gasteiger partial charge in [-0.25, -0.2) is 4.98 Å². The van der Waals surface area contributed by atoms with Crippen molar-refractivity contribution in [2.45, 2.75) is 30.5 Å². The minimum Gasteiger partial charge on any atom is -0.466 e. The summed E-state index contributed by atoms with van der Waals surface area (Å²) in [6.45, 7) is 4.12. The molecule has 1 rings (SSSR count). The van der Waals surface area contributed by atoms with Gasteiger partial charge in [0.05, 0.1) is 18.1 Å². The van der Waals surface area contributed by atoms with Crippen LogP contribution in [0.3, 0.4) is 0 Å². The second-order valence-corrected chi connectivity index (χ2v) is 4.87. The molecule has 0 saturated heterocycles. The van der Waals surface area contributed by atoms with Gasteiger partial charge in [0.2, 0.25) is 0 Å². The van der Waals surface area contributed by atoms with E-state index in [4.69, 9.17) is 10.00 Å². The average Bonchev–Trinajstić information content (AvgIpc) is 2.29. The van der Waals surface area contributed by atoms with E-state index in [-0.39, 0.29) is 11.2 Å². The Morgan fingerprint density at radius 1 is 1.65 bits per heavy atom. The zero-order valence-electron chi connectivity index (χ0n) is 9.84. The van der Waals surface area contributed by atoms with E-state index in [1.807, 2.05) is 19.1 Å². The second kappa shape index (κ2) is 6.92. The summed E-state index contributed by atoms with van der Waals surface area (Å²) in [7, 11) is 0. The summed E-state index contributed by atoms with van der Waals surface area (Å²) in [6.07, 6.45) is 0.344. The smallest absolute Gasteiger partial charge is 0.306 e. The highest BCUT2D eigenvalue weighted by Gasteiger charge is 2.12. The van der Waals surface area contributed by atoms with Crippen molar-refractivity contribution in [3.63, 3.8) is 0 Å². The molecule has 0 aromatic carbocycles. The number of rotatable bonds is 5. The number of thioether (sulfide) groups is 1. The van der Waals surface area contributed by atoms with Gasteiger partial charge in [-0.1, -0.05) is 13.0 Å². The van der Waals surface area contributed by atoms with E-state index in [0.29, 0.717) is 18.7 Å². The standard InChI is InChI=1S/C12H14N2O2S/c1-3-16-12(15)7-9(2)17-11-6-4-5-10(8-13)14-11/h4-6,9H,3,7H2,1-2H3. The minimum absolute atomic E-state index is 0.0792. The van der Waals surface area contributed by atoms with Crippen LogP contribution >= 0.6 is 11.8 Å². The number of nitrogens with zero attached hydrogens (tertiary/aromatic N) is 2. The van der Waals surface area contributed by atoms with Crippen LogP contribution in [0, 0.1) is 11.3 Å². The zero-order valence-corrected chi connectivity index (χ0v) is 10.7. The normalized spacial score (nSPS) is 11.6. The molecule has 17 heavy (non-hydrogen) atoms. The molecule has 5 heteroatoms. The van der Waals surface area contributed by atoms with Gasteiger partial charge in [0.1, 0.15) is 11.8 Å². The number of hydrogen-bond donors (Lipinski definition) is 0. The fourth-order valence-corrected chi connectivity index (χ4v) is 2.19. The average molecular weight is 250 g/mol. The van der Waals surface area contributed by atoms with Crippen molar-refractivity contribution >= 4 is 17.7 Å². The van der Waals surface area contributed by atoms with Crippen LogP contribution in [0.15, 0.2) is 23.2 Å². The molecule has 0 bridgehead atoms. The van der Waals surface area contributed by atoms with Crippen molar-refractivity contribution in [3.05, 3.63) is 23.9 Å². The molecule has 0 spiro atoms. The third-order valence-electron chi connectivity index (χ3n) is 1.92. The highest BCUT2D eigenvalue weighted by atomic mass is 32.2. The van der Waals surface area contributed by atoms with Crippen molar-refractivity contribution in [1.29, 1.82) is 5.26 Å². The van der Waals surface area contributed by atoms with Gasteiger partial charge in [-0.2, -0.15) is 5.26 Å². The van der Waals surface area contributed by atoms with E-state index >= 15 is 0 Å². The van der Waals surface area contributed by atoms with Gasteiger partial charge < -0.3 is 4.74 Å². The van der Waals surface area contributed by atoms with Crippen molar-refractivity contribution < 1.29 is 9.53 Å². The van der Waals surface area contributed by atoms with Gasteiger partial charge in [0.15, 0.2) is 0 Å². The number of carbonyl (C=O) groups excluding carboxylic acids is 1. The van der Waals surface area contributed by atoms with Crippen LogP contribution in [0.25, 0.3) is 0 Å². The summed E-state index contributed by atoms with van der Waals surface area (Å²) in [5, 5.41) is 9.55. The molecule has 0 aliphatic rings. The molecule has 1 atom stereocenters. The summed E-state index contributed by atoms with van der Waals surface area (Å²) < 4.78 is 4.87. The van der Waals surface area contributed by atoms with Crippen LogP contribution in [0.2, 0.25) is 0 Å². The zero-order chi connectivity index (χ0) is 12.7. The molecule has 0 fully saturated rings. The highest BCUT2D eigenvalue weighted by molar-refractivity contribution is 7.99. The Labute approximate surface area is 105 Å². The van der Waals surface area contributed by atoms with E-state index < -0.39 is 0 Å². The first-order valence-electron chi connectivity index (χ1n) is 5.35. The summed E-state index contributed by atoms with van der Waals surface area (Å²) in [4.78, 5) is 15.4. The molecular formula is C12H14N2O2S. The molecule has 0 radical (unpaired) electrons. The lowest BCUT2D eigenvalue weighted by Gasteiger charge is -2.09. The third kappa shape index (κ3) is 4.87. The summed E-state index contributed by atoms with van der Waals surface area (Å²) in [6, 6.07) is 7.25. The maximum atomic E-state index is 11.3. The second-order valence-electron chi connectivity index (χ2n) is 3.41. The number of aromatic nitrogens is 1. The van der Waals surface area contributed by atoms with Gasteiger partial charge in [-0.3, -0.25) is 4.79 Å². The van der Waals surface area contributed by atoms with E-state index in [1.165, 1.54) is 11.8 Å². The maximum Gasteiger partial charge on any atom is 0.306 e. The molecule has 1 aromatic rings. The number of hydrogen-bond acceptors (Lipinski definition) is 5. The lowest BCUT2D eigenvalue weighted by molar-refractivity contribution is -0.142. The largest absolute Gasteiger partial charge is 0.466 e. The first kappa shape index (κ1) is 13.5. The van der Waals surface area contributed by atoms with Crippen molar-refractivity contribution in [2.75, 3.05) is 6.61 Å². The Balaban J connectivity index is 2.53. The topological polar surface area (TPSA) is 63.0 Å². The van der Waals surface area contributed by atoms with Crippen molar-refractivity contribution in [2.24, 2.45) is 0 Å². The van der Waals surface area contributed by atoms with Crippen LogP contribution in [0.5, 0.6) is 0 Å². The van der Waals surface area contributed by atoms with E-state index in [0.717, 1.165) is 5.03 Å². The van der Waals surface area contributed by atoms with E-state index in [2.05, 4.69) is 4.98 Å². The molecule has 0 saturated carbocycles. The summed E-state index contributed by atoms with van der Waals surface area (Å²) in [5.74, 6) is -0.205. The molecule has 0 amide bonds. The predicted octanol–water partition coefficient (Wildman–Crippen LogP) is 2.39. The number of pyridine rings is 1. The molecule has 1 heterocycles. The highest BCUT2D eigenvalue weighted by Crippen LogP contribution is 2.23. The van der Waals surface area contributed by atoms with Crippen LogP contribution < -0.4 is 0 Å². The molecule has 1 aromatic heterocycles. The number of nitriles is 1. The molecule has 0 N–H and O–H groups in total. The SMILES string of the molecule is CCOC(=O)CC(C)Sc1cccc(C#N)n1. The minimum atomic E-state index is -0.205. The number of esters is 1. The van der Waals surface area contributed by atoms with Crippen molar-refractivity contribution in [1.82, 2.24) is 4.98 Å². The van der Waals surface area contributed by atoms with Crippen LogP contribution in [0.4, 0.5) is 0 Å². The van der Waals surface area contributed by atoms with E-state index in [1.54, 1.807) is 19.1 Å². The molecule has 4 nitrogen and oxygen atoms in total. The fraction of sp³-hybridized carbons (Fsp3) is 0.417. The molecule has 1 unspecified atom stereocenters. The fourth-order valence-electron chi connectivity index (χ4n) is 1.25. The predicted molar refractivity (Wildman–Crippen MR) is 65.5 cm³/mol. The number of carbonyl (C=O) groups is 1. The summed E-state index contributed by atoms with van der Waals surface area (Å²) in [5.41, 5.74) is 0.387. The Bertz CT molecular complexity index is 429. The van der Waals surface area contributed by atoms with E-state index in [9.17, 15) is 4.79 Å². The lowest BCUT2D eigenvalue weighted by atomic mass is 10.3. The Morgan fingerprint density at radius 3 is 3.06 bits per heavy atom. The Hall–Kier alpha value is -1.54. The Kier molecular flexibility index (Phi) is 5.50. The lowest BCUT2D eigenvalue weighted by Crippen LogP contribution is -2.10. The van der Waals surface area contributed by atoms with Gasteiger partial charge in [0, 0.05) is 5.25 Å². The molecule has 0 aliphatic carbocycles. The van der Waals surface area contributed by atoms with Gasteiger partial charge in [-0.15, -0.1) is 11.8 Å². The quantitative estimate of drug-likeness (QED) is 0.593. The van der Waals surface area contributed by atoms with Crippen LogP contribution in [0.1, 0.15) is 26.0 Å². The summed E-state index contributed by atoms with van der Waals surface area (Å²) >= 11 is 1.46. The first-order valence-corrected chi connectivity index (χ1v) is 6.23. The monoisotopic (exact) mass is 250 g/mol. The molecular weight excluding hydrogens is 236 g/mol. The molecule has 0 aliphatic heterocycles. The van der Waals surface area contributed by atoms with Gasteiger partial charge in [-0.05, 0) is 19.1 Å². The number of ether oxygens (including phenoxy) is 1. The maximum absolute atomic E-state index is 11.3. The van der Waals surface area contributed by atoms with Gasteiger partial charge in [0.25, 0.3) is 0 Å². The van der Waals surface area contributed by atoms with Crippen LogP contribution in [-0.2, 0) is 9.53 Å². The third-order valence-corrected chi connectivity index (χ3v) is 2.96.